The number of fused-ring (bicyclic) bond motifs is 1. The summed E-state index contributed by atoms with van der Waals surface area (Å²) < 4.78 is 5.47. The molecule has 0 unspecified atom stereocenters. The molecule has 0 spiro atoms. The fourth-order valence-corrected chi connectivity index (χ4v) is 3.92. The molecular formula is C32H42O2. The van der Waals surface area contributed by atoms with E-state index in [1.165, 1.54) is 22.3 Å². The number of ether oxygens (including phenoxy) is 1. The summed E-state index contributed by atoms with van der Waals surface area (Å²) in [7, 11) is 0. The van der Waals surface area contributed by atoms with E-state index in [1.807, 2.05) is 30.3 Å². The molecule has 34 heavy (non-hydrogen) atoms. The van der Waals surface area contributed by atoms with Crippen LogP contribution in [0.25, 0.3) is 10.8 Å². The molecule has 0 heterocycles. The quantitative estimate of drug-likeness (QED) is 0.221. The van der Waals surface area contributed by atoms with Crippen LogP contribution in [0.3, 0.4) is 0 Å². The Bertz CT molecular complexity index is 1040. The molecular weight excluding hydrogens is 416 g/mol. The number of esters is 1. The Kier molecular flexibility index (Phi) is 12.2. The minimum absolute atomic E-state index is 0.180. The first-order valence-electron chi connectivity index (χ1n) is 12.6. The predicted octanol–water partition coefficient (Wildman–Crippen LogP) is 9.07. The summed E-state index contributed by atoms with van der Waals surface area (Å²) in [5.74, 6) is -0.180. The zero-order chi connectivity index (χ0) is 24.8. The van der Waals surface area contributed by atoms with Gasteiger partial charge in [0.05, 0.1) is 6.42 Å². The Hall–Kier alpha value is -2.87. The second kappa shape index (κ2) is 15.1. The molecule has 0 saturated heterocycles. The van der Waals surface area contributed by atoms with Crippen LogP contribution in [-0.2, 0) is 16.0 Å². The number of rotatable bonds is 13. The van der Waals surface area contributed by atoms with Crippen LogP contribution < -0.4 is 0 Å². The van der Waals surface area contributed by atoms with E-state index in [2.05, 4.69) is 71.0 Å². The molecule has 2 aromatic carbocycles. The normalized spacial score (nSPS) is 12.7. The zero-order valence-corrected chi connectivity index (χ0v) is 21.8. The molecule has 2 rings (SSSR count). The standard InChI is InChI=1S/C32H42O2/c1-25(2)12-8-13-26(3)14-9-15-27(4)16-10-17-28(5)22-23-34-32(33)24-30-20-11-19-29-18-6-7-21-31(29)30/h6-7,11-12,14,16,18-22H,8-10,13,15,17,23-24H2,1-5H3/b26-14+,27-16+,28-22+. The highest BCUT2D eigenvalue weighted by atomic mass is 16.5. The van der Waals surface area contributed by atoms with E-state index in [-0.39, 0.29) is 5.97 Å². The van der Waals surface area contributed by atoms with Crippen LogP contribution in [0, 0.1) is 0 Å². The molecule has 2 nitrogen and oxygen atoms in total. The molecule has 2 aromatic rings. The van der Waals surface area contributed by atoms with Crippen molar-refractivity contribution in [2.45, 2.75) is 79.6 Å². The topological polar surface area (TPSA) is 26.3 Å². The van der Waals surface area contributed by atoms with Crippen LogP contribution in [0.2, 0.25) is 0 Å². The largest absolute Gasteiger partial charge is 0.461 e. The maximum atomic E-state index is 12.3. The Morgan fingerprint density at radius 3 is 1.91 bits per heavy atom. The Morgan fingerprint density at radius 1 is 0.706 bits per heavy atom. The van der Waals surface area contributed by atoms with Gasteiger partial charge in [-0.25, -0.2) is 0 Å². The van der Waals surface area contributed by atoms with Crippen molar-refractivity contribution in [2.24, 2.45) is 0 Å². The lowest BCUT2D eigenvalue weighted by molar-refractivity contribution is -0.141. The predicted molar refractivity (Wildman–Crippen MR) is 147 cm³/mol. The lowest BCUT2D eigenvalue weighted by Gasteiger charge is -2.07. The lowest BCUT2D eigenvalue weighted by atomic mass is 10.0. The monoisotopic (exact) mass is 458 g/mol. The highest BCUT2D eigenvalue weighted by Crippen LogP contribution is 2.19. The van der Waals surface area contributed by atoms with Gasteiger partial charge in [-0.3, -0.25) is 4.79 Å². The molecule has 0 fully saturated rings. The molecule has 0 saturated carbocycles. The van der Waals surface area contributed by atoms with Gasteiger partial charge < -0.3 is 4.74 Å². The average molecular weight is 459 g/mol. The van der Waals surface area contributed by atoms with Gasteiger partial charge in [-0.05, 0) is 95.6 Å². The first-order valence-corrected chi connectivity index (χ1v) is 12.6. The number of carbonyl (C=O) groups is 1. The van der Waals surface area contributed by atoms with Crippen molar-refractivity contribution in [3.8, 4) is 0 Å². The van der Waals surface area contributed by atoms with Gasteiger partial charge >= 0.3 is 5.97 Å². The third-order valence-corrected chi connectivity index (χ3v) is 6.05. The molecule has 182 valence electrons. The van der Waals surface area contributed by atoms with Crippen molar-refractivity contribution in [3.05, 3.63) is 94.6 Å². The highest BCUT2D eigenvalue weighted by Gasteiger charge is 2.07. The fraction of sp³-hybridized carbons (Fsp3) is 0.406. The van der Waals surface area contributed by atoms with Gasteiger partial charge in [0.15, 0.2) is 0 Å². The zero-order valence-electron chi connectivity index (χ0n) is 21.8. The van der Waals surface area contributed by atoms with Crippen molar-refractivity contribution in [1.29, 1.82) is 0 Å². The molecule has 0 aliphatic rings. The highest BCUT2D eigenvalue weighted by molar-refractivity contribution is 5.88. The third kappa shape index (κ3) is 10.8. The summed E-state index contributed by atoms with van der Waals surface area (Å²) in [6.07, 6.45) is 15.9. The van der Waals surface area contributed by atoms with E-state index < -0.39 is 0 Å². The van der Waals surface area contributed by atoms with Gasteiger partial charge in [-0.1, -0.05) is 83.0 Å². The molecule has 0 aromatic heterocycles. The van der Waals surface area contributed by atoms with Crippen LogP contribution in [0.4, 0.5) is 0 Å². The number of benzene rings is 2. The summed E-state index contributed by atoms with van der Waals surface area (Å²) in [6, 6.07) is 14.2. The molecule has 0 N–H and O–H groups in total. The minimum Gasteiger partial charge on any atom is -0.461 e. The molecule has 0 aliphatic carbocycles. The van der Waals surface area contributed by atoms with Crippen LogP contribution in [0.5, 0.6) is 0 Å². The van der Waals surface area contributed by atoms with Crippen molar-refractivity contribution < 1.29 is 9.53 Å². The molecule has 0 radical (unpaired) electrons. The number of allylic oxidation sites excluding steroid dienone is 7. The van der Waals surface area contributed by atoms with Gasteiger partial charge in [-0.15, -0.1) is 0 Å². The van der Waals surface area contributed by atoms with E-state index >= 15 is 0 Å². The minimum atomic E-state index is -0.180. The van der Waals surface area contributed by atoms with Gasteiger partial charge in [0.25, 0.3) is 0 Å². The molecule has 0 amide bonds. The molecule has 0 bridgehead atoms. The van der Waals surface area contributed by atoms with Crippen LogP contribution in [0.1, 0.15) is 78.7 Å². The summed E-state index contributed by atoms with van der Waals surface area (Å²) in [6.45, 7) is 11.2. The average Bonchev–Trinajstić information content (AvgIpc) is 2.79. The van der Waals surface area contributed by atoms with Crippen molar-refractivity contribution in [3.63, 3.8) is 0 Å². The Balaban J connectivity index is 1.67. The lowest BCUT2D eigenvalue weighted by Crippen LogP contribution is -2.08. The molecule has 2 heteroatoms. The van der Waals surface area contributed by atoms with Crippen molar-refractivity contribution >= 4 is 16.7 Å². The maximum absolute atomic E-state index is 12.3. The van der Waals surface area contributed by atoms with Gasteiger partial charge in [0, 0.05) is 0 Å². The van der Waals surface area contributed by atoms with Crippen LogP contribution in [0.15, 0.2) is 89.1 Å². The first kappa shape index (κ1) is 27.4. The summed E-state index contributed by atoms with van der Waals surface area (Å²) in [5, 5.41) is 2.27. The third-order valence-electron chi connectivity index (χ3n) is 6.05. The molecule has 0 aliphatic heterocycles. The second-order valence-corrected chi connectivity index (χ2v) is 9.55. The van der Waals surface area contributed by atoms with E-state index in [9.17, 15) is 4.79 Å². The Labute approximate surface area is 207 Å². The van der Waals surface area contributed by atoms with Gasteiger partial charge in [0.2, 0.25) is 0 Å². The van der Waals surface area contributed by atoms with Crippen LogP contribution >= 0.6 is 0 Å². The number of carbonyl (C=O) groups excluding carboxylic acids is 1. The van der Waals surface area contributed by atoms with E-state index in [1.54, 1.807) is 0 Å². The summed E-state index contributed by atoms with van der Waals surface area (Å²) in [5.41, 5.74) is 6.61. The fourth-order valence-electron chi connectivity index (χ4n) is 3.92. The van der Waals surface area contributed by atoms with Crippen molar-refractivity contribution in [1.82, 2.24) is 0 Å². The van der Waals surface area contributed by atoms with Crippen molar-refractivity contribution in [2.75, 3.05) is 6.61 Å². The first-order chi connectivity index (χ1) is 16.3. The maximum Gasteiger partial charge on any atom is 0.310 e. The smallest absolute Gasteiger partial charge is 0.310 e. The second-order valence-electron chi connectivity index (χ2n) is 9.55. The van der Waals surface area contributed by atoms with E-state index in [4.69, 9.17) is 4.74 Å². The Morgan fingerprint density at radius 2 is 1.26 bits per heavy atom. The van der Waals surface area contributed by atoms with Gasteiger partial charge in [0.1, 0.15) is 6.61 Å². The number of hydrogen-bond acceptors (Lipinski definition) is 2. The number of hydrogen-bond donors (Lipinski definition) is 0. The summed E-state index contributed by atoms with van der Waals surface area (Å²) >= 11 is 0. The molecule has 0 atom stereocenters. The summed E-state index contributed by atoms with van der Waals surface area (Å²) in [4.78, 5) is 12.3. The van der Waals surface area contributed by atoms with E-state index in [0.29, 0.717) is 13.0 Å². The van der Waals surface area contributed by atoms with E-state index in [0.717, 1.165) is 54.9 Å². The SMILES string of the molecule is CC(C)=CCC/C(C)=C/CC/C(C)=C/CC/C(C)=C/COC(=O)Cc1cccc2ccccc12. The van der Waals surface area contributed by atoms with Crippen LogP contribution in [-0.4, -0.2) is 12.6 Å². The van der Waals surface area contributed by atoms with Gasteiger partial charge in [-0.2, -0.15) is 0 Å².